The summed E-state index contributed by atoms with van der Waals surface area (Å²) < 4.78 is 13.8. The zero-order chi connectivity index (χ0) is 11.0. The minimum absolute atomic E-state index is 0.0256. The molecule has 1 aromatic carbocycles. The van der Waals surface area contributed by atoms with E-state index in [1.807, 2.05) is 19.9 Å². The molecule has 1 aliphatic carbocycles. The lowest BCUT2D eigenvalue weighted by Gasteiger charge is -2.17. The molecule has 0 spiro atoms. The van der Waals surface area contributed by atoms with Crippen molar-refractivity contribution in [1.29, 1.82) is 0 Å². The van der Waals surface area contributed by atoms with Gasteiger partial charge in [0.1, 0.15) is 5.82 Å². The SMILES string of the molecule is Cc1cc2c(c(C)c1F)[C@@H](N)CCCC2. The van der Waals surface area contributed by atoms with Crippen molar-refractivity contribution in [1.82, 2.24) is 0 Å². The van der Waals surface area contributed by atoms with Gasteiger partial charge in [0.25, 0.3) is 0 Å². The van der Waals surface area contributed by atoms with Gasteiger partial charge in [-0.2, -0.15) is 0 Å². The van der Waals surface area contributed by atoms with Crippen LogP contribution in [0.5, 0.6) is 0 Å². The van der Waals surface area contributed by atoms with Gasteiger partial charge in [0.15, 0.2) is 0 Å². The normalized spacial score (nSPS) is 20.9. The number of hydrogen-bond donors (Lipinski definition) is 1. The molecule has 1 atom stereocenters. The second kappa shape index (κ2) is 3.93. The van der Waals surface area contributed by atoms with Gasteiger partial charge >= 0.3 is 0 Å². The van der Waals surface area contributed by atoms with E-state index in [0.717, 1.165) is 36.0 Å². The second-order valence-corrected chi connectivity index (χ2v) is 4.56. The van der Waals surface area contributed by atoms with Gasteiger partial charge in [-0.05, 0) is 55.4 Å². The number of benzene rings is 1. The molecule has 2 heteroatoms. The molecule has 2 N–H and O–H groups in total. The van der Waals surface area contributed by atoms with Gasteiger partial charge in [-0.25, -0.2) is 4.39 Å². The van der Waals surface area contributed by atoms with Crippen LogP contribution in [-0.4, -0.2) is 0 Å². The summed E-state index contributed by atoms with van der Waals surface area (Å²) in [6, 6.07) is 2.00. The Kier molecular flexibility index (Phi) is 2.79. The first-order valence-corrected chi connectivity index (χ1v) is 5.65. The summed E-state index contributed by atoms with van der Waals surface area (Å²) in [5, 5.41) is 0. The minimum Gasteiger partial charge on any atom is -0.324 e. The standard InChI is InChI=1S/C13H18FN/c1-8-7-10-5-3-4-6-11(15)12(10)9(2)13(8)14/h7,11H,3-6,15H2,1-2H3/t11-/m0/s1. The quantitative estimate of drug-likeness (QED) is 0.650. The summed E-state index contributed by atoms with van der Waals surface area (Å²) >= 11 is 0. The summed E-state index contributed by atoms with van der Waals surface area (Å²) in [5.74, 6) is -0.0777. The number of rotatable bonds is 0. The molecule has 0 bridgehead atoms. The fourth-order valence-electron chi connectivity index (χ4n) is 2.60. The molecule has 2 rings (SSSR count). The summed E-state index contributed by atoms with van der Waals surface area (Å²) in [6.45, 7) is 3.69. The molecule has 0 radical (unpaired) electrons. The van der Waals surface area contributed by atoms with Crippen LogP contribution in [0.1, 0.15) is 47.6 Å². The molecule has 82 valence electrons. The van der Waals surface area contributed by atoms with E-state index < -0.39 is 0 Å². The first kappa shape index (κ1) is 10.6. The number of nitrogens with two attached hydrogens (primary N) is 1. The lowest BCUT2D eigenvalue weighted by atomic mass is 9.92. The van der Waals surface area contributed by atoms with Crippen LogP contribution in [-0.2, 0) is 6.42 Å². The Labute approximate surface area is 90.5 Å². The summed E-state index contributed by atoms with van der Waals surface area (Å²) in [6.07, 6.45) is 4.35. The summed E-state index contributed by atoms with van der Waals surface area (Å²) in [4.78, 5) is 0. The largest absolute Gasteiger partial charge is 0.324 e. The van der Waals surface area contributed by atoms with Crippen LogP contribution in [0, 0.1) is 19.7 Å². The zero-order valence-corrected chi connectivity index (χ0v) is 9.44. The molecule has 0 aliphatic heterocycles. The maximum atomic E-state index is 13.8. The highest BCUT2D eigenvalue weighted by molar-refractivity contribution is 5.42. The third kappa shape index (κ3) is 1.78. The molecule has 0 amide bonds. The molecule has 0 fully saturated rings. The summed E-state index contributed by atoms with van der Waals surface area (Å²) in [5.41, 5.74) is 9.94. The lowest BCUT2D eigenvalue weighted by Crippen LogP contribution is -2.13. The van der Waals surface area contributed by atoms with Crippen LogP contribution in [0.2, 0.25) is 0 Å². The van der Waals surface area contributed by atoms with Crippen LogP contribution in [0.25, 0.3) is 0 Å². The van der Waals surface area contributed by atoms with E-state index in [1.54, 1.807) is 0 Å². The second-order valence-electron chi connectivity index (χ2n) is 4.56. The third-order valence-corrected chi connectivity index (χ3v) is 3.40. The van der Waals surface area contributed by atoms with Gasteiger partial charge in [0.05, 0.1) is 0 Å². The predicted molar refractivity (Wildman–Crippen MR) is 60.4 cm³/mol. The fourth-order valence-corrected chi connectivity index (χ4v) is 2.60. The van der Waals surface area contributed by atoms with Crippen molar-refractivity contribution in [3.05, 3.63) is 34.1 Å². The molecular weight excluding hydrogens is 189 g/mol. The van der Waals surface area contributed by atoms with Crippen molar-refractivity contribution >= 4 is 0 Å². The Morgan fingerprint density at radius 2 is 2.07 bits per heavy atom. The van der Waals surface area contributed by atoms with Crippen molar-refractivity contribution in [2.24, 2.45) is 5.73 Å². The topological polar surface area (TPSA) is 26.0 Å². The first-order valence-electron chi connectivity index (χ1n) is 5.65. The van der Waals surface area contributed by atoms with Gasteiger partial charge in [-0.3, -0.25) is 0 Å². The maximum Gasteiger partial charge on any atom is 0.129 e. The van der Waals surface area contributed by atoms with Crippen LogP contribution < -0.4 is 5.73 Å². The highest BCUT2D eigenvalue weighted by Gasteiger charge is 2.20. The highest BCUT2D eigenvalue weighted by Crippen LogP contribution is 2.32. The van der Waals surface area contributed by atoms with E-state index in [0.29, 0.717) is 0 Å². The lowest BCUT2D eigenvalue weighted by molar-refractivity contribution is 0.586. The van der Waals surface area contributed by atoms with Gasteiger partial charge in [-0.15, -0.1) is 0 Å². The molecule has 0 saturated carbocycles. The Morgan fingerprint density at radius 1 is 1.33 bits per heavy atom. The van der Waals surface area contributed by atoms with Crippen molar-refractivity contribution in [2.45, 2.75) is 45.6 Å². The molecule has 0 saturated heterocycles. The smallest absolute Gasteiger partial charge is 0.129 e. The van der Waals surface area contributed by atoms with Crippen LogP contribution in [0.3, 0.4) is 0 Å². The Bertz CT molecular complexity index is 385. The number of hydrogen-bond acceptors (Lipinski definition) is 1. The summed E-state index contributed by atoms with van der Waals surface area (Å²) in [7, 11) is 0. The number of fused-ring (bicyclic) bond motifs is 1. The van der Waals surface area contributed by atoms with E-state index in [-0.39, 0.29) is 11.9 Å². The molecule has 1 aromatic rings. The third-order valence-electron chi connectivity index (χ3n) is 3.40. The Morgan fingerprint density at radius 3 is 2.80 bits per heavy atom. The molecule has 1 nitrogen and oxygen atoms in total. The number of halogens is 1. The van der Waals surface area contributed by atoms with E-state index in [1.165, 1.54) is 12.0 Å². The van der Waals surface area contributed by atoms with Gasteiger partial charge in [0.2, 0.25) is 0 Å². The minimum atomic E-state index is -0.0777. The van der Waals surface area contributed by atoms with Crippen LogP contribution in [0.4, 0.5) is 4.39 Å². The average Bonchev–Trinajstić information content (AvgIpc) is 2.37. The van der Waals surface area contributed by atoms with Crippen LogP contribution >= 0.6 is 0 Å². The first-order chi connectivity index (χ1) is 7.11. The maximum absolute atomic E-state index is 13.8. The predicted octanol–water partition coefficient (Wildman–Crippen LogP) is 3.17. The molecule has 0 heterocycles. The van der Waals surface area contributed by atoms with E-state index in [2.05, 4.69) is 0 Å². The molecular formula is C13H18FN. The van der Waals surface area contributed by atoms with Gasteiger partial charge in [0, 0.05) is 6.04 Å². The average molecular weight is 207 g/mol. The highest BCUT2D eigenvalue weighted by atomic mass is 19.1. The Balaban J connectivity index is 2.61. The van der Waals surface area contributed by atoms with E-state index >= 15 is 0 Å². The molecule has 15 heavy (non-hydrogen) atoms. The van der Waals surface area contributed by atoms with Crippen molar-refractivity contribution in [3.63, 3.8) is 0 Å². The van der Waals surface area contributed by atoms with E-state index in [4.69, 9.17) is 5.73 Å². The van der Waals surface area contributed by atoms with Gasteiger partial charge < -0.3 is 5.73 Å². The fraction of sp³-hybridized carbons (Fsp3) is 0.538. The van der Waals surface area contributed by atoms with E-state index in [9.17, 15) is 4.39 Å². The van der Waals surface area contributed by atoms with Crippen molar-refractivity contribution in [2.75, 3.05) is 0 Å². The van der Waals surface area contributed by atoms with Crippen LogP contribution in [0.15, 0.2) is 6.07 Å². The monoisotopic (exact) mass is 207 g/mol. The Hall–Kier alpha value is -0.890. The molecule has 0 unspecified atom stereocenters. The molecule has 0 aromatic heterocycles. The number of aryl methyl sites for hydroxylation is 2. The van der Waals surface area contributed by atoms with Gasteiger partial charge in [-0.1, -0.05) is 12.5 Å². The van der Waals surface area contributed by atoms with Crippen molar-refractivity contribution in [3.8, 4) is 0 Å². The zero-order valence-electron chi connectivity index (χ0n) is 9.44. The van der Waals surface area contributed by atoms with Crippen molar-refractivity contribution < 1.29 is 4.39 Å². The molecule has 1 aliphatic rings.